The van der Waals surface area contributed by atoms with Crippen molar-refractivity contribution in [1.29, 1.82) is 0 Å². The van der Waals surface area contributed by atoms with Crippen LogP contribution in [0.25, 0.3) is 0 Å². The van der Waals surface area contributed by atoms with Gasteiger partial charge in [0.25, 0.3) is 0 Å². The molecule has 2 amide bonds. The molecule has 0 aliphatic carbocycles. The number of benzene rings is 1. The molecule has 31 heavy (non-hydrogen) atoms. The number of aromatic nitrogens is 1. The Kier molecular flexibility index (Phi) is 6.87. The highest BCUT2D eigenvalue weighted by molar-refractivity contribution is 5.79. The fourth-order valence-electron chi connectivity index (χ4n) is 3.32. The van der Waals surface area contributed by atoms with Crippen LogP contribution in [0, 0.1) is 13.8 Å². The van der Waals surface area contributed by atoms with Crippen molar-refractivity contribution in [2.75, 3.05) is 26.2 Å². The molecule has 1 aliphatic rings. The van der Waals surface area contributed by atoms with Gasteiger partial charge in [-0.05, 0) is 52.3 Å². The Morgan fingerprint density at radius 2 is 1.65 bits per heavy atom. The first-order chi connectivity index (χ1) is 14.6. The summed E-state index contributed by atoms with van der Waals surface area (Å²) in [7, 11) is 0. The summed E-state index contributed by atoms with van der Waals surface area (Å²) in [6, 6.07) is 7.53. The fraction of sp³-hybridized carbons (Fsp3) is 0.522. The summed E-state index contributed by atoms with van der Waals surface area (Å²) in [5.74, 6) is 1.53. The molecule has 2 heterocycles. The van der Waals surface area contributed by atoms with E-state index in [4.69, 9.17) is 14.0 Å². The zero-order valence-corrected chi connectivity index (χ0v) is 18.9. The van der Waals surface area contributed by atoms with Crippen LogP contribution in [-0.4, -0.2) is 58.7 Å². The van der Waals surface area contributed by atoms with E-state index in [-0.39, 0.29) is 12.0 Å². The molecule has 0 bridgehead atoms. The number of ether oxygens (including phenoxy) is 2. The van der Waals surface area contributed by atoms with E-state index in [1.807, 2.05) is 58.9 Å². The lowest BCUT2D eigenvalue weighted by atomic mass is 10.1. The Labute approximate surface area is 183 Å². The third kappa shape index (κ3) is 6.23. The molecule has 8 nitrogen and oxygen atoms in total. The molecule has 0 atom stereocenters. The van der Waals surface area contributed by atoms with Gasteiger partial charge in [0, 0.05) is 26.2 Å². The van der Waals surface area contributed by atoms with Crippen molar-refractivity contribution in [2.24, 2.45) is 0 Å². The van der Waals surface area contributed by atoms with E-state index in [0.29, 0.717) is 39.2 Å². The van der Waals surface area contributed by atoms with Crippen LogP contribution in [0.4, 0.5) is 4.79 Å². The van der Waals surface area contributed by atoms with Crippen molar-refractivity contribution >= 4 is 12.0 Å². The number of amides is 2. The number of carbonyl (C=O) groups is 2. The zero-order valence-electron chi connectivity index (χ0n) is 18.9. The van der Waals surface area contributed by atoms with Crippen LogP contribution in [0.1, 0.15) is 43.4 Å². The third-order valence-electron chi connectivity index (χ3n) is 5.13. The molecule has 0 N–H and O–H groups in total. The first-order valence-corrected chi connectivity index (χ1v) is 10.5. The van der Waals surface area contributed by atoms with Crippen molar-refractivity contribution in [3.05, 3.63) is 46.8 Å². The Morgan fingerprint density at radius 3 is 2.19 bits per heavy atom. The van der Waals surface area contributed by atoms with Crippen LogP contribution in [0.2, 0.25) is 0 Å². The van der Waals surface area contributed by atoms with Gasteiger partial charge in [0.2, 0.25) is 5.91 Å². The van der Waals surface area contributed by atoms with Crippen LogP contribution in [0.3, 0.4) is 0 Å². The van der Waals surface area contributed by atoms with E-state index >= 15 is 0 Å². The van der Waals surface area contributed by atoms with Crippen molar-refractivity contribution in [2.45, 2.75) is 53.2 Å². The second kappa shape index (κ2) is 9.41. The molecular formula is C23H31N3O5. The van der Waals surface area contributed by atoms with Crippen LogP contribution >= 0.6 is 0 Å². The average molecular weight is 430 g/mol. The highest BCUT2D eigenvalue weighted by Gasteiger charge is 2.27. The molecule has 1 aliphatic heterocycles. The van der Waals surface area contributed by atoms with E-state index < -0.39 is 5.60 Å². The molecule has 3 rings (SSSR count). The van der Waals surface area contributed by atoms with Gasteiger partial charge in [0.15, 0.2) is 0 Å². The van der Waals surface area contributed by atoms with Crippen molar-refractivity contribution in [1.82, 2.24) is 15.0 Å². The maximum atomic E-state index is 12.7. The van der Waals surface area contributed by atoms with E-state index in [2.05, 4.69) is 5.16 Å². The lowest BCUT2D eigenvalue weighted by Crippen LogP contribution is -2.51. The standard InChI is InChI=1S/C23H31N3O5/c1-16-20(17(2)31-24-16)15-29-19-8-6-18(7-9-19)14-21(27)25-10-12-26(13-11-25)22(28)30-23(3,4)5/h6-9H,10-15H2,1-5H3. The maximum Gasteiger partial charge on any atom is 0.410 e. The summed E-state index contributed by atoms with van der Waals surface area (Å²) >= 11 is 0. The van der Waals surface area contributed by atoms with E-state index in [1.165, 1.54) is 0 Å². The van der Waals surface area contributed by atoms with Gasteiger partial charge in [0.1, 0.15) is 23.7 Å². The second-order valence-corrected chi connectivity index (χ2v) is 8.76. The molecule has 1 fully saturated rings. The minimum atomic E-state index is -0.521. The minimum absolute atomic E-state index is 0.0493. The van der Waals surface area contributed by atoms with Crippen molar-refractivity contribution in [3.8, 4) is 5.75 Å². The van der Waals surface area contributed by atoms with Crippen LogP contribution in [-0.2, 0) is 22.6 Å². The summed E-state index contributed by atoms with van der Waals surface area (Å²) in [4.78, 5) is 28.3. The molecule has 0 radical (unpaired) electrons. The minimum Gasteiger partial charge on any atom is -0.489 e. The van der Waals surface area contributed by atoms with E-state index in [1.54, 1.807) is 9.80 Å². The molecular weight excluding hydrogens is 398 g/mol. The van der Waals surface area contributed by atoms with Crippen LogP contribution < -0.4 is 4.74 Å². The molecule has 1 aromatic heterocycles. The number of rotatable bonds is 5. The van der Waals surface area contributed by atoms with Gasteiger partial charge in [-0.25, -0.2) is 4.79 Å². The Morgan fingerprint density at radius 1 is 1.03 bits per heavy atom. The fourth-order valence-corrected chi connectivity index (χ4v) is 3.32. The van der Waals surface area contributed by atoms with Gasteiger partial charge in [-0.3, -0.25) is 4.79 Å². The SMILES string of the molecule is Cc1noc(C)c1COc1ccc(CC(=O)N2CCN(C(=O)OC(C)(C)C)CC2)cc1. The van der Waals surface area contributed by atoms with Crippen molar-refractivity contribution in [3.63, 3.8) is 0 Å². The summed E-state index contributed by atoms with van der Waals surface area (Å²) in [6.07, 6.45) is -0.0110. The second-order valence-electron chi connectivity index (χ2n) is 8.76. The van der Waals surface area contributed by atoms with Crippen LogP contribution in [0.15, 0.2) is 28.8 Å². The topological polar surface area (TPSA) is 85.1 Å². The average Bonchev–Trinajstić information content (AvgIpc) is 3.04. The predicted octanol–water partition coefficient (Wildman–Crippen LogP) is 3.49. The number of nitrogens with zero attached hydrogens (tertiary/aromatic N) is 3. The molecule has 168 valence electrons. The number of carbonyl (C=O) groups excluding carboxylic acids is 2. The highest BCUT2D eigenvalue weighted by Crippen LogP contribution is 2.19. The Balaban J connectivity index is 1.46. The van der Waals surface area contributed by atoms with Gasteiger partial charge in [-0.15, -0.1) is 0 Å². The van der Waals surface area contributed by atoms with Gasteiger partial charge in [-0.2, -0.15) is 0 Å². The predicted molar refractivity (Wildman–Crippen MR) is 115 cm³/mol. The quantitative estimate of drug-likeness (QED) is 0.723. The van der Waals surface area contributed by atoms with Gasteiger partial charge in [-0.1, -0.05) is 17.3 Å². The molecule has 1 aromatic carbocycles. The van der Waals surface area contributed by atoms with E-state index in [9.17, 15) is 9.59 Å². The first-order valence-electron chi connectivity index (χ1n) is 10.5. The summed E-state index contributed by atoms with van der Waals surface area (Å²) in [6.45, 7) is 11.7. The number of hydrogen-bond donors (Lipinski definition) is 0. The zero-order chi connectivity index (χ0) is 22.6. The molecule has 0 unspecified atom stereocenters. The number of hydrogen-bond acceptors (Lipinski definition) is 6. The molecule has 1 saturated heterocycles. The van der Waals surface area contributed by atoms with Gasteiger partial charge in [0.05, 0.1) is 17.7 Å². The van der Waals surface area contributed by atoms with Crippen molar-refractivity contribution < 1.29 is 23.6 Å². The summed E-state index contributed by atoms with van der Waals surface area (Å²) in [5, 5.41) is 3.92. The third-order valence-corrected chi connectivity index (χ3v) is 5.13. The number of piperazine rings is 1. The normalized spacial score (nSPS) is 14.5. The summed E-state index contributed by atoms with van der Waals surface area (Å²) < 4.78 is 16.4. The van der Waals surface area contributed by atoms with Gasteiger partial charge < -0.3 is 23.8 Å². The largest absolute Gasteiger partial charge is 0.489 e. The highest BCUT2D eigenvalue weighted by atomic mass is 16.6. The summed E-state index contributed by atoms with van der Waals surface area (Å²) in [5.41, 5.74) is 2.17. The Hall–Kier alpha value is -3.03. The van der Waals surface area contributed by atoms with Gasteiger partial charge >= 0.3 is 6.09 Å². The Bertz CT molecular complexity index is 887. The van der Waals surface area contributed by atoms with E-state index in [0.717, 1.165) is 28.3 Å². The maximum absolute atomic E-state index is 12.7. The molecule has 8 heteroatoms. The first kappa shape index (κ1) is 22.7. The molecule has 0 saturated carbocycles. The molecule has 0 spiro atoms. The lowest BCUT2D eigenvalue weighted by molar-refractivity contribution is -0.132. The monoisotopic (exact) mass is 429 g/mol. The smallest absolute Gasteiger partial charge is 0.410 e. The van der Waals surface area contributed by atoms with Crippen LogP contribution in [0.5, 0.6) is 5.75 Å². The lowest BCUT2D eigenvalue weighted by Gasteiger charge is -2.35. The molecule has 2 aromatic rings. The number of aryl methyl sites for hydroxylation is 2.